The minimum atomic E-state index is 0.353. The van der Waals surface area contributed by atoms with Gasteiger partial charge in [-0.25, -0.2) is 4.98 Å². The van der Waals surface area contributed by atoms with Crippen LogP contribution in [0.3, 0.4) is 0 Å². The van der Waals surface area contributed by atoms with Crippen LogP contribution in [0.4, 0.5) is 0 Å². The lowest BCUT2D eigenvalue weighted by atomic mass is 10.1. The lowest BCUT2D eigenvalue weighted by molar-refractivity contribution is 0.442. The number of nitrogens with zero attached hydrogens (tertiary/aromatic N) is 1. The Morgan fingerprint density at radius 1 is 1.31 bits per heavy atom. The average Bonchev–Trinajstić information content (AvgIpc) is 2.66. The zero-order valence-electron chi connectivity index (χ0n) is 10.0. The summed E-state index contributed by atoms with van der Waals surface area (Å²) in [5.41, 5.74) is 2.55. The number of benzene rings is 1. The van der Waals surface area contributed by atoms with Gasteiger partial charge >= 0.3 is 0 Å². The van der Waals surface area contributed by atoms with E-state index in [1.165, 1.54) is 11.1 Å². The maximum Gasteiger partial charge on any atom is 0.196 e. The molecule has 0 radical (unpaired) electrons. The molecule has 0 atom stereocenters. The molecule has 0 amide bonds. The summed E-state index contributed by atoms with van der Waals surface area (Å²) in [6.45, 7) is 6.27. The van der Waals surface area contributed by atoms with Crippen molar-refractivity contribution in [3.63, 3.8) is 0 Å². The lowest BCUT2D eigenvalue weighted by Crippen LogP contribution is -1.87. The van der Waals surface area contributed by atoms with Crippen molar-refractivity contribution in [3.05, 3.63) is 53.2 Å². The van der Waals surface area contributed by atoms with Crippen LogP contribution in [0.25, 0.3) is 0 Å². The molecule has 2 heteroatoms. The number of rotatable bonds is 3. The first kappa shape index (κ1) is 10.9. The maximum atomic E-state index is 5.68. The molecule has 0 N–H and O–H groups in total. The second kappa shape index (κ2) is 4.52. The van der Waals surface area contributed by atoms with E-state index in [2.05, 4.69) is 50.0 Å². The molecule has 2 aromatic rings. The molecule has 0 aliphatic carbocycles. The molecule has 0 bridgehead atoms. The van der Waals surface area contributed by atoms with Crippen LogP contribution in [0.5, 0.6) is 0 Å². The van der Waals surface area contributed by atoms with E-state index in [0.29, 0.717) is 5.92 Å². The molecule has 0 saturated heterocycles. The highest BCUT2D eigenvalue weighted by atomic mass is 16.4. The second-order valence-electron chi connectivity index (χ2n) is 4.49. The number of hydrogen-bond acceptors (Lipinski definition) is 2. The van der Waals surface area contributed by atoms with Gasteiger partial charge in [-0.05, 0) is 12.5 Å². The van der Waals surface area contributed by atoms with E-state index in [-0.39, 0.29) is 0 Å². The van der Waals surface area contributed by atoms with Crippen LogP contribution < -0.4 is 0 Å². The van der Waals surface area contributed by atoms with E-state index in [4.69, 9.17) is 4.42 Å². The molecule has 0 fully saturated rings. The molecular formula is C14H17NO. The molecule has 0 saturated carbocycles. The molecule has 0 unspecified atom stereocenters. The van der Waals surface area contributed by atoms with Crippen molar-refractivity contribution in [1.82, 2.24) is 4.98 Å². The molecule has 0 aliphatic heterocycles. The van der Waals surface area contributed by atoms with Crippen molar-refractivity contribution in [3.8, 4) is 0 Å². The summed E-state index contributed by atoms with van der Waals surface area (Å²) in [7, 11) is 0. The van der Waals surface area contributed by atoms with Gasteiger partial charge in [0.25, 0.3) is 0 Å². The lowest BCUT2D eigenvalue weighted by Gasteiger charge is -2.00. The third kappa shape index (κ3) is 2.51. The van der Waals surface area contributed by atoms with Gasteiger partial charge in [0.05, 0.1) is 6.20 Å². The summed E-state index contributed by atoms with van der Waals surface area (Å²) in [5.74, 6) is 2.11. The molecule has 84 valence electrons. The van der Waals surface area contributed by atoms with Crippen LogP contribution in [-0.4, -0.2) is 4.98 Å². The van der Waals surface area contributed by atoms with Gasteiger partial charge < -0.3 is 4.42 Å². The largest absolute Gasteiger partial charge is 0.445 e. The van der Waals surface area contributed by atoms with Crippen molar-refractivity contribution >= 4 is 0 Å². The van der Waals surface area contributed by atoms with Crippen molar-refractivity contribution in [1.29, 1.82) is 0 Å². The summed E-state index contributed by atoms with van der Waals surface area (Å²) < 4.78 is 5.68. The third-order valence-electron chi connectivity index (χ3n) is 2.53. The zero-order chi connectivity index (χ0) is 11.5. The van der Waals surface area contributed by atoms with Crippen LogP contribution in [-0.2, 0) is 6.42 Å². The van der Waals surface area contributed by atoms with Crippen LogP contribution in [0.15, 0.2) is 34.9 Å². The van der Waals surface area contributed by atoms with Crippen LogP contribution >= 0.6 is 0 Å². The fourth-order valence-electron chi connectivity index (χ4n) is 1.69. The monoisotopic (exact) mass is 215 g/mol. The number of oxazole rings is 1. The number of hydrogen-bond donors (Lipinski definition) is 0. The van der Waals surface area contributed by atoms with Gasteiger partial charge in [-0.1, -0.05) is 43.7 Å². The molecule has 1 heterocycles. The molecule has 2 nitrogen and oxygen atoms in total. The number of aromatic nitrogens is 1. The Labute approximate surface area is 96.3 Å². The van der Waals surface area contributed by atoms with Crippen molar-refractivity contribution in [2.24, 2.45) is 0 Å². The van der Waals surface area contributed by atoms with Gasteiger partial charge in [-0.15, -0.1) is 0 Å². The van der Waals surface area contributed by atoms with Gasteiger partial charge in [-0.3, -0.25) is 0 Å². The quantitative estimate of drug-likeness (QED) is 0.780. The van der Waals surface area contributed by atoms with E-state index in [9.17, 15) is 0 Å². The zero-order valence-corrected chi connectivity index (χ0v) is 10.0. The topological polar surface area (TPSA) is 26.0 Å². The summed E-state index contributed by atoms with van der Waals surface area (Å²) in [6.07, 6.45) is 2.65. The highest BCUT2D eigenvalue weighted by molar-refractivity contribution is 5.25. The van der Waals surface area contributed by atoms with E-state index < -0.39 is 0 Å². The van der Waals surface area contributed by atoms with E-state index in [0.717, 1.165) is 18.1 Å². The van der Waals surface area contributed by atoms with Crippen molar-refractivity contribution < 1.29 is 4.42 Å². The third-order valence-corrected chi connectivity index (χ3v) is 2.53. The van der Waals surface area contributed by atoms with Gasteiger partial charge in [-0.2, -0.15) is 0 Å². The molecule has 2 rings (SSSR count). The summed E-state index contributed by atoms with van der Waals surface area (Å²) in [6, 6.07) is 8.47. The molecule has 1 aromatic carbocycles. The first-order chi connectivity index (χ1) is 7.65. The second-order valence-corrected chi connectivity index (χ2v) is 4.49. The predicted molar refractivity (Wildman–Crippen MR) is 64.6 cm³/mol. The summed E-state index contributed by atoms with van der Waals surface area (Å²) >= 11 is 0. The van der Waals surface area contributed by atoms with Gasteiger partial charge in [0.2, 0.25) is 0 Å². The Morgan fingerprint density at radius 3 is 2.75 bits per heavy atom. The average molecular weight is 215 g/mol. The first-order valence-corrected chi connectivity index (χ1v) is 5.65. The fourth-order valence-corrected chi connectivity index (χ4v) is 1.69. The Morgan fingerprint density at radius 2 is 2.12 bits per heavy atom. The van der Waals surface area contributed by atoms with Crippen LogP contribution in [0.2, 0.25) is 0 Å². The Balaban J connectivity index is 2.14. The molecular weight excluding hydrogens is 198 g/mol. The van der Waals surface area contributed by atoms with E-state index >= 15 is 0 Å². The molecule has 0 spiro atoms. The SMILES string of the molecule is Cc1cccc(Cc2cnc(C(C)C)o2)c1. The smallest absolute Gasteiger partial charge is 0.196 e. The van der Waals surface area contributed by atoms with Gasteiger partial charge in [0.1, 0.15) is 5.76 Å². The predicted octanol–water partition coefficient (Wildman–Crippen LogP) is 3.70. The van der Waals surface area contributed by atoms with Crippen LogP contribution in [0, 0.1) is 6.92 Å². The van der Waals surface area contributed by atoms with E-state index in [1.807, 2.05) is 6.20 Å². The van der Waals surface area contributed by atoms with Crippen LogP contribution in [0.1, 0.15) is 42.5 Å². The molecule has 0 aliphatic rings. The fraction of sp³-hybridized carbons (Fsp3) is 0.357. The minimum absolute atomic E-state index is 0.353. The molecule has 1 aromatic heterocycles. The Bertz CT molecular complexity index is 471. The van der Waals surface area contributed by atoms with Gasteiger partial charge in [0.15, 0.2) is 5.89 Å². The maximum absolute atomic E-state index is 5.68. The summed E-state index contributed by atoms with van der Waals surface area (Å²) in [5, 5.41) is 0. The Kier molecular flexibility index (Phi) is 3.09. The standard InChI is InChI=1S/C14H17NO/c1-10(2)14-15-9-13(16-14)8-12-6-4-5-11(3)7-12/h4-7,9-10H,8H2,1-3H3. The highest BCUT2D eigenvalue weighted by Gasteiger charge is 2.07. The number of aryl methyl sites for hydroxylation is 1. The highest BCUT2D eigenvalue weighted by Crippen LogP contribution is 2.17. The van der Waals surface area contributed by atoms with Crippen molar-refractivity contribution in [2.45, 2.75) is 33.1 Å². The minimum Gasteiger partial charge on any atom is -0.445 e. The first-order valence-electron chi connectivity index (χ1n) is 5.65. The van der Waals surface area contributed by atoms with E-state index in [1.54, 1.807) is 0 Å². The Hall–Kier alpha value is -1.57. The van der Waals surface area contributed by atoms with Gasteiger partial charge in [0, 0.05) is 12.3 Å². The molecule has 16 heavy (non-hydrogen) atoms. The summed E-state index contributed by atoms with van der Waals surface area (Å²) in [4.78, 5) is 4.27. The normalized spacial score (nSPS) is 11.0. The van der Waals surface area contributed by atoms with Crippen molar-refractivity contribution in [2.75, 3.05) is 0 Å².